The van der Waals surface area contributed by atoms with E-state index in [1.807, 2.05) is 0 Å². The van der Waals surface area contributed by atoms with Gasteiger partial charge in [-0.1, -0.05) is 26.8 Å². The number of aryl methyl sites for hydroxylation is 1. The number of rotatable bonds is 0. The summed E-state index contributed by atoms with van der Waals surface area (Å²) >= 11 is 1.57. The second-order valence-electron chi connectivity index (χ2n) is 6.36. The highest BCUT2D eigenvalue weighted by atomic mass is 32.1. The smallest absolute Gasteiger partial charge is 0.180 e. The highest BCUT2D eigenvalue weighted by Gasteiger charge is 2.27. The zero-order valence-corrected chi connectivity index (χ0v) is 13.2. The zero-order valence-electron chi connectivity index (χ0n) is 12.4. The fourth-order valence-electron chi connectivity index (χ4n) is 2.66. The molecule has 106 valence electrons. The number of nitrogen functional groups attached to an aromatic ring is 1. The molecule has 3 nitrogen and oxygen atoms in total. The van der Waals surface area contributed by atoms with Crippen LogP contribution in [0.2, 0.25) is 0 Å². The molecule has 0 radical (unpaired) electrons. The van der Waals surface area contributed by atoms with Crippen molar-refractivity contribution in [1.29, 1.82) is 0 Å². The van der Waals surface area contributed by atoms with Crippen LogP contribution in [0.4, 0.5) is 5.13 Å². The number of nitrogens with zero attached hydrogens (tertiary/aromatic N) is 1. The Bertz CT molecular complexity index is 668. The average Bonchev–Trinajstić information content (AvgIpc) is 2.62. The molecule has 2 N–H and O–H groups in total. The van der Waals surface area contributed by atoms with Gasteiger partial charge in [-0.2, -0.15) is 0 Å². The lowest BCUT2D eigenvalue weighted by molar-refractivity contribution is 0.318. The van der Waals surface area contributed by atoms with Crippen LogP contribution in [0.5, 0.6) is 5.75 Å². The standard InChI is InChI=1S/C16H20N2OS/c1-9-7-10-13-12(20-15(17)18-13)5-6-19-14(10)11(8-9)16(2,3)4/h7-8H,5-6H2,1-4H3,(H2,17,18). The number of aromatic nitrogens is 1. The molecule has 0 saturated heterocycles. The molecule has 2 heterocycles. The van der Waals surface area contributed by atoms with Crippen LogP contribution in [0, 0.1) is 6.92 Å². The van der Waals surface area contributed by atoms with E-state index in [1.165, 1.54) is 16.0 Å². The van der Waals surface area contributed by atoms with Crippen LogP contribution in [0.1, 0.15) is 36.8 Å². The van der Waals surface area contributed by atoms with Gasteiger partial charge in [-0.15, -0.1) is 11.3 Å². The second-order valence-corrected chi connectivity index (χ2v) is 7.48. The Morgan fingerprint density at radius 2 is 2.05 bits per heavy atom. The number of hydrogen-bond donors (Lipinski definition) is 1. The van der Waals surface area contributed by atoms with E-state index in [0.29, 0.717) is 11.7 Å². The molecule has 0 unspecified atom stereocenters. The fraction of sp³-hybridized carbons (Fsp3) is 0.438. The van der Waals surface area contributed by atoms with E-state index >= 15 is 0 Å². The van der Waals surface area contributed by atoms with E-state index < -0.39 is 0 Å². The third-order valence-electron chi connectivity index (χ3n) is 3.59. The van der Waals surface area contributed by atoms with Crippen molar-refractivity contribution in [1.82, 2.24) is 4.98 Å². The number of anilines is 1. The summed E-state index contributed by atoms with van der Waals surface area (Å²) < 4.78 is 6.07. The van der Waals surface area contributed by atoms with E-state index in [9.17, 15) is 0 Å². The maximum atomic E-state index is 6.07. The van der Waals surface area contributed by atoms with Gasteiger partial charge in [0.2, 0.25) is 0 Å². The molecule has 0 saturated carbocycles. The van der Waals surface area contributed by atoms with Crippen molar-refractivity contribution in [3.63, 3.8) is 0 Å². The summed E-state index contributed by atoms with van der Waals surface area (Å²) in [4.78, 5) is 5.76. The lowest BCUT2D eigenvalue weighted by Gasteiger charge is -2.24. The van der Waals surface area contributed by atoms with Crippen LogP contribution >= 0.6 is 11.3 Å². The molecular weight excluding hydrogens is 268 g/mol. The minimum atomic E-state index is 0.0438. The monoisotopic (exact) mass is 288 g/mol. The Labute approximate surface area is 123 Å². The van der Waals surface area contributed by atoms with E-state index in [-0.39, 0.29) is 5.41 Å². The minimum Gasteiger partial charge on any atom is -0.492 e. The molecule has 3 rings (SSSR count). The molecule has 4 heteroatoms. The second kappa shape index (κ2) is 4.48. The van der Waals surface area contributed by atoms with Crippen LogP contribution in [0.3, 0.4) is 0 Å². The van der Waals surface area contributed by atoms with Gasteiger partial charge in [0.1, 0.15) is 5.75 Å². The van der Waals surface area contributed by atoms with Gasteiger partial charge in [0, 0.05) is 22.4 Å². The van der Waals surface area contributed by atoms with E-state index in [1.54, 1.807) is 11.3 Å². The minimum absolute atomic E-state index is 0.0438. The Hall–Kier alpha value is -1.55. The van der Waals surface area contributed by atoms with E-state index in [2.05, 4.69) is 44.8 Å². The predicted molar refractivity (Wildman–Crippen MR) is 84.6 cm³/mol. The third kappa shape index (κ3) is 2.18. The van der Waals surface area contributed by atoms with E-state index in [4.69, 9.17) is 10.5 Å². The number of thiazole rings is 1. The third-order valence-corrected chi connectivity index (χ3v) is 4.53. The summed E-state index contributed by atoms with van der Waals surface area (Å²) in [5.41, 5.74) is 10.5. The first-order valence-electron chi connectivity index (χ1n) is 6.90. The Balaban J connectivity index is 2.31. The maximum absolute atomic E-state index is 6.07. The van der Waals surface area contributed by atoms with Crippen LogP contribution in [-0.4, -0.2) is 11.6 Å². The van der Waals surface area contributed by atoms with Crippen molar-refractivity contribution in [2.45, 2.75) is 39.5 Å². The molecule has 1 aromatic heterocycles. The summed E-state index contributed by atoms with van der Waals surface area (Å²) in [7, 11) is 0. The number of hydrogen-bond acceptors (Lipinski definition) is 4. The van der Waals surface area contributed by atoms with Crippen molar-refractivity contribution >= 4 is 16.5 Å². The van der Waals surface area contributed by atoms with Gasteiger partial charge in [0.25, 0.3) is 0 Å². The lowest BCUT2D eigenvalue weighted by Crippen LogP contribution is -2.14. The first-order valence-corrected chi connectivity index (χ1v) is 7.71. The maximum Gasteiger partial charge on any atom is 0.180 e. The largest absolute Gasteiger partial charge is 0.492 e. The molecule has 20 heavy (non-hydrogen) atoms. The molecule has 0 bridgehead atoms. The zero-order chi connectivity index (χ0) is 14.5. The van der Waals surface area contributed by atoms with Crippen LogP contribution in [0.15, 0.2) is 12.1 Å². The number of fused-ring (bicyclic) bond motifs is 3. The van der Waals surface area contributed by atoms with Crippen LogP contribution in [0.25, 0.3) is 11.3 Å². The molecule has 0 atom stereocenters. The van der Waals surface area contributed by atoms with Gasteiger partial charge < -0.3 is 10.5 Å². The summed E-state index contributed by atoms with van der Waals surface area (Å²) in [6, 6.07) is 4.38. The molecule has 1 aliphatic rings. The summed E-state index contributed by atoms with van der Waals surface area (Å²) in [6.07, 6.45) is 0.876. The Morgan fingerprint density at radius 3 is 2.75 bits per heavy atom. The molecule has 1 aliphatic heterocycles. The van der Waals surface area contributed by atoms with E-state index in [0.717, 1.165) is 23.4 Å². The molecule has 0 amide bonds. The predicted octanol–water partition coefficient (Wildman–Crippen LogP) is 3.93. The number of ether oxygens (including phenoxy) is 1. The van der Waals surface area contributed by atoms with Gasteiger partial charge in [0.15, 0.2) is 5.13 Å². The number of nitrogens with two attached hydrogens (primary N) is 1. The number of benzene rings is 1. The van der Waals surface area contributed by atoms with Crippen LogP contribution in [-0.2, 0) is 11.8 Å². The molecule has 0 fully saturated rings. The Kier molecular flexibility index (Phi) is 3.01. The SMILES string of the molecule is Cc1cc2c(c(C(C)(C)C)c1)OCCc1sc(N)nc1-2. The van der Waals surface area contributed by atoms with Gasteiger partial charge >= 0.3 is 0 Å². The van der Waals surface area contributed by atoms with Crippen molar-refractivity contribution in [2.24, 2.45) is 0 Å². The average molecular weight is 288 g/mol. The van der Waals surface area contributed by atoms with Crippen molar-refractivity contribution in [2.75, 3.05) is 12.3 Å². The summed E-state index contributed by atoms with van der Waals surface area (Å²) in [5.74, 6) is 0.979. The van der Waals surface area contributed by atoms with Crippen LogP contribution < -0.4 is 10.5 Å². The quantitative estimate of drug-likeness (QED) is 0.799. The molecule has 1 aromatic carbocycles. The van der Waals surface area contributed by atoms with Gasteiger partial charge in [-0.3, -0.25) is 0 Å². The Morgan fingerprint density at radius 1 is 1.30 bits per heavy atom. The topological polar surface area (TPSA) is 48.1 Å². The summed E-state index contributed by atoms with van der Waals surface area (Å²) in [6.45, 7) is 9.45. The van der Waals surface area contributed by atoms with Crippen molar-refractivity contribution in [3.8, 4) is 17.0 Å². The molecular formula is C16H20N2OS. The normalized spacial score (nSPS) is 14.2. The van der Waals surface area contributed by atoms with Crippen molar-refractivity contribution < 1.29 is 4.74 Å². The summed E-state index contributed by atoms with van der Waals surface area (Å²) in [5, 5.41) is 0.640. The van der Waals surface area contributed by atoms with Gasteiger partial charge in [-0.05, 0) is 24.0 Å². The molecule has 0 spiro atoms. The highest BCUT2D eigenvalue weighted by molar-refractivity contribution is 7.15. The molecule has 2 aromatic rings. The fourth-order valence-corrected chi connectivity index (χ4v) is 3.48. The first kappa shape index (κ1) is 13.4. The van der Waals surface area contributed by atoms with Crippen molar-refractivity contribution in [3.05, 3.63) is 28.1 Å². The lowest BCUT2D eigenvalue weighted by atomic mass is 9.83. The highest BCUT2D eigenvalue weighted by Crippen LogP contribution is 2.44. The van der Waals surface area contributed by atoms with Gasteiger partial charge in [0.05, 0.1) is 12.3 Å². The van der Waals surface area contributed by atoms with Gasteiger partial charge in [-0.25, -0.2) is 4.98 Å². The first-order chi connectivity index (χ1) is 9.36. The molecule has 0 aliphatic carbocycles.